The highest BCUT2D eigenvalue weighted by Crippen LogP contribution is 2.39. The van der Waals surface area contributed by atoms with Crippen LogP contribution in [0.25, 0.3) is 87.7 Å². The van der Waals surface area contributed by atoms with E-state index in [1.165, 1.54) is 54.1 Å². The molecular weight excluding hydrogens is 536 g/mol. The van der Waals surface area contributed by atoms with Gasteiger partial charge in [-0.15, -0.1) is 0 Å². The normalized spacial score (nSPS) is 12.1. The first kappa shape index (κ1) is 23.6. The van der Waals surface area contributed by atoms with Crippen molar-refractivity contribution in [2.45, 2.75) is 0 Å². The van der Waals surface area contributed by atoms with E-state index in [1.807, 2.05) is 24.4 Å². The molecular formula is C40H24N4. The summed E-state index contributed by atoms with van der Waals surface area (Å²) in [5.41, 5.74) is 6.72. The largest absolute Gasteiger partial charge is 0.309 e. The van der Waals surface area contributed by atoms with Crippen molar-refractivity contribution in [3.05, 3.63) is 146 Å². The molecule has 7 aromatic carbocycles. The molecule has 44 heavy (non-hydrogen) atoms. The van der Waals surface area contributed by atoms with E-state index in [9.17, 15) is 0 Å². The minimum absolute atomic E-state index is 0.680. The Morgan fingerprint density at radius 2 is 1.09 bits per heavy atom. The van der Waals surface area contributed by atoms with Crippen molar-refractivity contribution in [2.75, 3.05) is 0 Å². The summed E-state index contributed by atoms with van der Waals surface area (Å²) in [6.07, 6.45) is 1.92. The van der Waals surface area contributed by atoms with Crippen molar-refractivity contribution >= 4 is 76.1 Å². The second-order valence-electron chi connectivity index (χ2n) is 11.5. The molecule has 4 nitrogen and oxygen atoms in total. The summed E-state index contributed by atoms with van der Waals surface area (Å²) in [6, 6.07) is 50.1. The third-order valence-electron chi connectivity index (χ3n) is 9.11. The minimum atomic E-state index is 0.680. The van der Waals surface area contributed by atoms with Gasteiger partial charge in [-0.2, -0.15) is 0 Å². The van der Waals surface area contributed by atoms with Crippen LogP contribution in [0.1, 0.15) is 0 Å². The van der Waals surface area contributed by atoms with Crippen LogP contribution in [0.4, 0.5) is 0 Å². The standard InChI is InChI=1S/C40H24N4/c1-3-11-30-25(9-1)18-20-33-31-12-4-7-15-36(31)43(39(30)33)29-19-17-26-22-34-32-13-5-8-16-37(32)44(38(34)23-28(26)21-29)40-41-24-27-10-2-6-14-35(27)42-40/h1-24H. The molecule has 0 spiro atoms. The zero-order valence-corrected chi connectivity index (χ0v) is 23.6. The third-order valence-corrected chi connectivity index (χ3v) is 9.11. The molecule has 0 aliphatic heterocycles. The van der Waals surface area contributed by atoms with Crippen LogP contribution in [0.5, 0.6) is 0 Å². The number of aromatic nitrogens is 4. The number of hydrogen-bond donors (Lipinski definition) is 0. The van der Waals surface area contributed by atoms with Crippen LogP contribution in [0.15, 0.2) is 146 Å². The van der Waals surface area contributed by atoms with Gasteiger partial charge in [-0.05, 0) is 58.6 Å². The van der Waals surface area contributed by atoms with Gasteiger partial charge in [-0.25, -0.2) is 9.97 Å². The first-order valence-electron chi connectivity index (χ1n) is 14.9. The van der Waals surface area contributed by atoms with Crippen molar-refractivity contribution in [3.8, 4) is 11.6 Å². The second-order valence-corrected chi connectivity index (χ2v) is 11.5. The maximum Gasteiger partial charge on any atom is 0.235 e. The summed E-state index contributed by atoms with van der Waals surface area (Å²) < 4.78 is 4.63. The summed E-state index contributed by atoms with van der Waals surface area (Å²) in [7, 11) is 0. The molecule has 0 unspecified atom stereocenters. The molecule has 0 aliphatic carbocycles. The SMILES string of the molecule is c1ccc2nc(-n3c4ccccc4c4cc5ccc(-n6c7ccccc7c7ccc8ccccc8c76)cc5cc43)ncc2c1. The number of rotatable bonds is 2. The molecule has 4 heteroatoms. The van der Waals surface area contributed by atoms with E-state index >= 15 is 0 Å². The van der Waals surface area contributed by atoms with Crippen molar-refractivity contribution < 1.29 is 0 Å². The highest BCUT2D eigenvalue weighted by molar-refractivity contribution is 6.19. The summed E-state index contributed by atoms with van der Waals surface area (Å²) in [5.74, 6) is 0.680. The summed E-state index contributed by atoms with van der Waals surface area (Å²) in [6.45, 7) is 0. The Labute approximate surface area is 252 Å². The molecule has 0 N–H and O–H groups in total. The van der Waals surface area contributed by atoms with Gasteiger partial charge in [-0.3, -0.25) is 4.57 Å². The van der Waals surface area contributed by atoms with Crippen LogP contribution in [0.3, 0.4) is 0 Å². The molecule has 0 amide bonds. The van der Waals surface area contributed by atoms with Gasteiger partial charge in [0.2, 0.25) is 5.95 Å². The van der Waals surface area contributed by atoms with E-state index in [4.69, 9.17) is 9.97 Å². The average molecular weight is 561 g/mol. The molecule has 10 aromatic rings. The van der Waals surface area contributed by atoms with Crippen molar-refractivity contribution in [2.24, 2.45) is 0 Å². The highest BCUT2D eigenvalue weighted by Gasteiger charge is 2.18. The lowest BCUT2D eigenvalue weighted by Crippen LogP contribution is -2.01. The Kier molecular flexibility index (Phi) is 4.69. The van der Waals surface area contributed by atoms with E-state index < -0.39 is 0 Å². The number of benzene rings is 7. The number of fused-ring (bicyclic) bond motifs is 10. The van der Waals surface area contributed by atoms with Gasteiger partial charge in [0.25, 0.3) is 0 Å². The summed E-state index contributed by atoms with van der Waals surface area (Å²) >= 11 is 0. The monoisotopic (exact) mass is 560 g/mol. The van der Waals surface area contributed by atoms with Gasteiger partial charge in [0.15, 0.2) is 0 Å². The predicted molar refractivity (Wildman–Crippen MR) is 183 cm³/mol. The lowest BCUT2D eigenvalue weighted by atomic mass is 10.0. The first-order chi connectivity index (χ1) is 21.8. The van der Waals surface area contributed by atoms with Crippen LogP contribution in [0, 0.1) is 0 Å². The van der Waals surface area contributed by atoms with Gasteiger partial charge < -0.3 is 4.57 Å². The van der Waals surface area contributed by atoms with Crippen LogP contribution in [0.2, 0.25) is 0 Å². The Balaban J connectivity index is 1.28. The number of nitrogens with zero attached hydrogens (tertiary/aromatic N) is 4. The molecule has 0 radical (unpaired) electrons. The minimum Gasteiger partial charge on any atom is -0.309 e. The van der Waals surface area contributed by atoms with Gasteiger partial charge in [0.1, 0.15) is 0 Å². The van der Waals surface area contributed by atoms with E-state index in [0.29, 0.717) is 5.95 Å². The van der Waals surface area contributed by atoms with E-state index in [1.54, 1.807) is 0 Å². The molecule has 0 bridgehead atoms. The Morgan fingerprint density at radius 1 is 0.409 bits per heavy atom. The van der Waals surface area contributed by atoms with E-state index in [-0.39, 0.29) is 0 Å². The van der Waals surface area contributed by atoms with E-state index in [0.717, 1.165) is 27.6 Å². The lowest BCUT2D eigenvalue weighted by Gasteiger charge is -2.12. The third kappa shape index (κ3) is 3.22. The molecule has 10 rings (SSSR count). The van der Waals surface area contributed by atoms with Crippen molar-refractivity contribution in [1.82, 2.24) is 19.1 Å². The second kappa shape index (κ2) is 8.76. The maximum atomic E-state index is 5.00. The zero-order valence-electron chi connectivity index (χ0n) is 23.6. The van der Waals surface area contributed by atoms with Gasteiger partial charge in [0, 0.05) is 44.2 Å². The highest BCUT2D eigenvalue weighted by atomic mass is 15.2. The van der Waals surface area contributed by atoms with Crippen LogP contribution < -0.4 is 0 Å². The topological polar surface area (TPSA) is 35.6 Å². The zero-order chi connectivity index (χ0) is 28.8. The fourth-order valence-electron chi connectivity index (χ4n) is 7.12. The average Bonchev–Trinajstić information content (AvgIpc) is 3.59. The summed E-state index contributed by atoms with van der Waals surface area (Å²) in [4.78, 5) is 9.83. The fraction of sp³-hybridized carbons (Fsp3) is 0. The van der Waals surface area contributed by atoms with Gasteiger partial charge in [0.05, 0.1) is 27.6 Å². The first-order valence-corrected chi connectivity index (χ1v) is 14.9. The summed E-state index contributed by atoms with van der Waals surface area (Å²) in [5, 5.41) is 10.8. The molecule has 3 heterocycles. The number of para-hydroxylation sites is 3. The smallest absolute Gasteiger partial charge is 0.235 e. The molecule has 0 fully saturated rings. The van der Waals surface area contributed by atoms with E-state index in [2.05, 4.69) is 130 Å². The lowest BCUT2D eigenvalue weighted by molar-refractivity contribution is 1.01. The Hall–Kier alpha value is -6.00. The molecule has 204 valence electrons. The molecule has 0 atom stereocenters. The number of hydrogen-bond acceptors (Lipinski definition) is 2. The quantitative estimate of drug-likeness (QED) is 0.211. The maximum absolute atomic E-state index is 5.00. The molecule has 0 saturated heterocycles. The molecule has 0 aliphatic rings. The van der Waals surface area contributed by atoms with Crippen LogP contribution in [-0.2, 0) is 0 Å². The predicted octanol–water partition coefficient (Wildman–Crippen LogP) is 10.1. The Bertz CT molecular complexity index is 2780. The molecule has 3 aromatic heterocycles. The van der Waals surface area contributed by atoms with Crippen molar-refractivity contribution in [3.63, 3.8) is 0 Å². The van der Waals surface area contributed by atoms with Gasteiger partial charge >= 0.3 is 0 Å². The van der Waals surface area contributed by atoms with Crippen molar-refractivity contribution in [1.29, 1.82) is 0 Å². The van der Waals surface area contributed by atoms with Crippen LogP contribution in [-0.4, -0.2) is 19.1 Å². The van der Waals surface area contributed by atoms with Gasteiger partial charge in [-0.1, -0.05) is 97.1 Å². The van der Waals surface area contributed by atoms with Crippen LogP contribution >= 0.6 is 0 Å². The fourth-order valence-corrected chi connectivity index (χ4v) is 7.12. The molecule has 0 saturated carbocycles. The Morgan fingerprint density at radius 3 is 1.95 bits per heavy atom.